The second kappa shape index (κ2) is 5.21. The Labute approximate surface area is 94.2 Å². The Hall–Kier alpha value is -1.23. The summed E-state index contributed by atoms with van der Waals surface area (Å²) < 4.78 is 10.3. The van der Waals surface area contributed by atoms with Crippen molar-refractivity contribution in [2.75, 3.05) is 6.61 Å². The van der Waals surface area contributed by atoms with Gasteiger partial charge in [0, 0.05) is 13.0 Å². The molecule has 2 rings (SSSR count). The molecule has 1 fully saturated rings. The largest absolute Gasteiger partial charge is 0.374 e. The van der Waals surface area contributed by atoms with Crippen molar-refractivity contribution in [2.45, 2.75) is 45.1 Å². The second-order valence-corrected chi connectivity index (χ2v) is 3.95. The van der Waals surface area contributed by atoms with E-state index in [4.69, 9.17) is 9.26 Å². The lowest BCUT2D eigenvalue weighted by molar-refractivity contribution is -0.122. The quantitative estimate of drug-likeness (QED) is 0.780. The molecule has 0 N–H and O–H groups in total. The zero-order valence-electron chi connectivity index (χ0n) is 9.44. The number of hydrogen-bond acceptors (Lipinski definition) is 5. The van der Waals surface area contributed by atoms with Gasteiger partial charge in [0.25, 0.3) is 0 Å². The number of Topliss-reactive ketones (excluding diaryl/α,β-unsaturated/α-hetero) is 1. The van der Waals surface area contributed by atoms with E-state index in [1.807, 2.05) is 6.92 Å². The Morgan fingerprint density at radius 3 is 3.12 bits per heavy atom. The van der Waals surface area contributed by atoms with E-state index < -0.39 is 0 Å². The van der Waals surface area contributed by atoms with E-state index in [9.17, 15) is 4.79 Å². The average molecular weight is 224 g/mol. The molecule has 1 saturated carbocycles. The van der Waals surface area contributed by atoms with Crippen LogP contribution in [0.25, 0.3) is 0 Å². The molecule has 1 heterocycles. The monoisotopic (exact) mass is 224 g/mol. The normalized spacial score (nSPS) is 21.3. The fourth-order valence-electron chi connectivity index (χ4n) is 1.91. The molecule has 0 saturated heterocycles. The van der Waals surface area contributed by atoms with Gasteiger partial charge in [-0.3, -0.25) is 4.79 Å². The highest BCUT2D eigenvalue weighted by molar-refractivity contribution is 5.85. The van der Waals surface area contributed by atoms with Gasteiger partial charge < -0.3 is 9.26 Å². The highest BCUT2D eigenvalue weighted by atomic mass is 16.5. The molecule has 0 aromatic carbocycles. The lowest BCUT2D eigenvalue weighted by Gasteiger charge is -2.16. The molecule has 0 spiro atoms. The topological polar surface area (TPSA) is 65.2 Å². The first-order valence-electron chi connectivity index (χ1n) is 5.74. The van der Waals surface area contributed by atoms with Crippen LogP contribution < -0.4 is 0 Å². The van der Waals surface area contributed by atoms with Gasteiger partial charge in [0.2, 0.25) is 5.89 Å². The van der Waals surface area contributed by atoms with Crippen LogP contribution in [-0.2, 0) is 16.1 Å². The number of carbonyl (C=O) groups excluding carboxylic acids is 1. The summed E-state index contributed by atoms with van der Waals surface area (Å²) in [5, 5.41) is 3.80. The lowest BCUT2D eigenvalue weighted by atomic mass is 9.88. The summed E-state index contributed by atoms with van der Waals surface area (Å²) in [6.07, 6.45) is 3.50. The summed E-state index contributed by atoms with van der Waals surface area (Å²) in [5.74, 6) is 1.02. The van der Waals surface area contributed by atoms with Gasteiger partial charge in [0.15, 0.2) is 5.82 Å². The predicted molar refractivity (Wildman–Crippen MR) is 55.8 cm³/mol. The zero-order valence-corrected chi connectivity index (χ0v) is 9.44. The Bertz CT molecular complexity index is 362. The van der Waals surface area contributed by atoms with Gasteiger partial charge in [-0.25, -0.2) is 0 Å². The molecule has 1 aliphatic rings. The Kier molecular flexibility index (Phi) is 3.66. The van der Waals surface area contributed by atoms with Gasteiger partial charge in [-0.1, -0.05) is 11.6 Å². The minimum atomic E-state index is -0.184. The number of nitrogens with zero attached hydrogens (tertiary/aromatic N) is 2. The molecular formula is C11H16N2O3. The third-order valence-electron chi connectivity index (χ3n) is 2.77. The fraction of sp³-hybridized carbons (Fsp3) is 0.727. The molecule has 16 heavy (non-hydrogen) atoms. The Morgan fingerprint density at radius 2 is 2.38 bits per heavy atom. The molecule has 1 atom stereocenters. The van der Waals surface area contributed by atoms with Gasteiger partial charge in [-0.15, -0.1) is 0 Å². The molecule has 0 bridgehead atoms. The van der Waals surface area contributed by atoms with Crippen LogP contribution in [0, 0.1) is 0 Å². The second-order valence-electron chi connectivity index (χ2n) is 3.95. The standard InChI is InChI=1S/C11H16N2O3/c1-2-15-7-10-12-11(16-13-10)8-5-3-4-6-9(8)14/h8H,2-7H2,1H3. The van der Waals surface area contributed by atoms with Gasteiger partial charge in [0.05, 0.1) is 5.92 Å². The predicted octanol–water partition coefficient (Wildman–Crippen LogP) is 1.83. The molecule has 88 valence electrons. The minimum Gasteiger partial charge on any atom is -0.374 e. The molecular weight excluding hydrogens is 208 g/mol. The van der Waals surface area contributed by atoms with Crippen LogP contribution in [0.15, 0.2) is 4.52 Å². The van der Waals surface area contributed by atoms with Crippen molar-refractivity contribution < 1.29 is 14.1 Å². The van der Waals surface area contributed by atoms with Gasteiger partial charge in [-0.2, -0.15) is 4.98 Å². The van der Waals surface area contributed by atoms with Crippen molar-refractivity contribution in [2.24, 2.45) is 0 Å². The molecule has 1 aliphatic carbocycles. The maximum absolute atomic E-state index is 11.7. The van der Waals surface area contributed by atoms with E-state index in [1.54, 1.807) is 0 Å². The SMILES string of the molecule is CCOCc1noc(C2CCCCC2=O)n1. The Balaban J connectivity index is 2.02. The van der Waals surface area contributed by atoms with Crippen molar-refractivity contribution in [1.29, 1.82) is 0 Å². The molecule has 0 radical (unpaired) electrons. The number of carbonyl (C=O) groups is 1. The van der Waals surface area contributed by atoms with Crippen molar-refractivity contribution in [3.05, 3.63) is 11.7 Å². The fourth-order valence-corrected chi connectivity index (χ4v) is 1.91. The van der Waals surface area contributed by atoms with Gasteiger partial charge in [0.1, 0.15) is 12.4 Å². The average Bonchev–Trinajstić information content (AvgIpc) is 2.75. The summed E-state index contributed by atoms with van der Waals surface area (Å²) in [6.45, 7) is 2.87. The maximum atomic E-state index is 11.7. The van der Waals surface area contributed by atoms with Crippen molar-refractivity contribution >= 4 is 5.78 Å². The summed E-state index contributed by atoms with van der Waals surface area (Å²) in [4.78, 5) is 15.9. The highest BCUT2D eigenvalue weighted by Crippen LogP contribution is 2.28. The third-order valence-corrected chi connectivity index (χ3v) is 2.77. The minimum absolute atomic E-state index is 0.184. The van der Waals surface area contributed by atoms with Crippen molar-refractivity contribution in [3.63, 3.8) is 0 Å². The first-order chi connectivity index (χ1) is 7.81. The van der Waals surface area contributed by atoms with Gasteiger partial charge in [-0.05, 0) is 19.8 Å². The van der Waals surface area contributed by atoms with Crippen LogP contribution in [-0.4, -0.2) is 22.5 Å². The van der Waals surface area contributed by atoms with E-state index in [2.05, 4.69) is 10.1 Å². The summed E-state index contributed by atoms with van der Waals surface area (Å²) in [6, 6.07) is 0. The van der Waals surface area contributed by atoms with Crippen LogP contribution in [0.1, 0.15) is 50.2 Å². The molecule has 1 aromatic rings. The Morgan fingerprint density at radius 1 is 1.50 bits per heavy atom. The van der Waals surface area contributed by atoms with Crippen molar-refractivity contribution in [3.8, 4) is 0 Å². The van der Waals surface area contributed by atoms with Crippen LogP contribution in [0.2, 0.25) is 0 Å². The van der Waals surface area contributed by atoms with Crippen LogP contribution >= 0.6 is 0 Å². The van der Waals surface area contributed by atoms with Crippen molar-refractivity contribution in [1.82, 2.24) is 10.1 Å². The molecule has 1 unspecified atom stereocenters. The molecule has 5 heteroatoms. The third kappa shape index (κ3) is 2.47. The van der Waals surface area contributed by atoms with Crippen LogP contribution in [0.5, 0.6) is 0 Å². The number of rotatable bonds is 4. The van der Waals surface area contributed by atoms with E-state index in [0.717, 1.165) is 19.3 Å². The van der Waals surface area contributed by atoms with E-state index in [-0.39, 0.29) is 11.7 Å². The number of ketones is 1. The number of hydrogen-bond donors (Lipinski definition) is 0. The molecule has 0 amide bonds. The zero-order chi connectivity index (χ0) is 11.4. The summed E-state index contributed by atoms with van der Waals surface area (Å²) in [5.41, 5.74) is 0. The number of aromatic nitrogens is 2. The van der Waals surface area contributed by atoms with Gasteiger partial charge >= 0.3 is 0 Å². The van der Waals surface area contributed by atoms with E-state index in [1.165, 1.54) is 0 Å². The lowest BCUT2D eigenvalue weighted by Crippen LogP contribution is -2.17. The molecule has 1 aromatic heterocycles. The van der Waals surface area contributed by atoms with E-state index >= 15 is 0 Å². The maximum Gasteiger partial charge on any atom is 0.237 e. The summed E-state index contributed by atoms with van der Waals surface area (Å²) in [7, 11) is 0. The molecule has 0 aliphatic heterocycles. The van der Waals surface area contributed by atoms with Crippen LogP contribution in [0.4, 0.5) is 0 Å². The van der Waals surface area contributed by atoms with Crippen LogP contribution in [0.3, 0.4) is 0 Å². The summed E-state index contributed by atoms with van der Waals surface area (Å²) >= 11 is 0. The highest BCUT2D eigenvalue weighted by Gasteiger charge is 2.28. The smallest absolute Gasteiger partial charge is 0.237 e. The number of ether oxygens (including phenoxy) is 1. The first-order valence-corrected chi connectivity index (χ1v) is 5.74. The first kappa shape index (κ1) is 11.3. The molecule has 5 nitrogen and oxygen atoms in total. The van der Waals surface area contributed by atoms with E-state index in [0.29, 0.717) is 31.3 Å².